The van der Waals surface area contributed by atoms with E-state index >= 15 is 0 Å². The van der Waals surface area contributed by atoms with Crippen LogP contribution in [0, 0.1) is 17.8 Å². The molecule has 0 radical (unpaired) electrons. The second kappa shape index (κ2) is 7.99. The van der Waals surface area contributed by atoms with Crippen LogP contribution in [0.1, 0.15) is 56.6 Å². The number of carbonyl (C=O) groups is 1. The number of hydrogen-bond acceptors (Lipinski definition) is 3. The first kappa shape index (κ1) is 17.8. The Hall–Kier alpha value is -1.55. The van der Waals surface area contributed by atoms with E-state index in [1.807, 2.05) is 12.1 Å². The number of methoxy groups -OCH3 is 1. The van der Waals surface area contributed by atoms with Crippen molar-refractivity contribution in [1.29, 1.82) is 0 Å². The fourth-order valence-electron chi connectivity index (χ4n) is 5.58. The van der Waals surface area contributed by atoms with E-state index in [0.717, 1.165) is 37.1 Å². The summed E-state index contributed by atoms with van der Waals surface area (Å²) in [7, 11) is 1.73. The van der Waals surface area contributed by atoms with Crippen LogP contribution < -0.4 is 10.1 Å². The standard InChI is InChI=1S/C22H32N2O2/c1-26-21-7-3-2-6-19(21)20(24-10-4-5-11-24)15-23-22(25)14-18-13-16-8-9-17(18)12-16/h2-3,6-7,16-18,20H,4-5,8-15H2,1H3,(H,23,25)/t16-,17-,18+,20-/m0/s1. The lowest BCUT2D eigenvalue weighted by Gasteiger charge is -2.29. The molecule has 2 saturated carbocycles. The van der Waals surface area contributed by atoms with Gasteiger partial charge in [-0.3, -0.25) is 9.69 Å². The van der Waals surface area contributed by atoms with Crippen molar-refractivity contribution >= 4 is 5.91 Å². The highest BCUT2D eigenvalue weighted by molar-refractivity contribution is 5.76. The Morgan fingerprint density at radius 1 is 1.23 bits per heavy atom. The summed E-state index contributed by atoms with van der Waals surface area (Å²) < 4.78 is 5.59. The second-order valence-corrected chi connectivity index (χ2v) is 8.44. The van der Waals surface area contributed by atoms with Crippen molar-refractivity contribution in [3.63, 3.8) is 0 Å². The number of nitrogens with one attached hydrogen (secondary N) is 1. The van der Waals surface area contributed by atoms with Gasteiger partial charge in [-0.25, -0.2) is 0 Å². The Bertz CT molecular complexity index is 626. The molecule has 0 unspecified atom stereocenters. The lowest BCUT2D eigenvalue weighted by atomic mass is 9.86. The Balaban J connectivity index is 1.39. The SMILES string of the molecule is COc1ccccc1[C@H](CNC(=O)C[C@H]1C[C@H]2CC[C@H]1C2)N1CCCC1. The Labute approximate surface area is 157 Å². The molecule has 4 nitrogen and oxygen atoms in total. The second-order valence-electron chi connectivity index (χ2n) is 8.44. The molecule has 26 heavy (non-hydrogen) atoms. The summed E-state index contributed by atoms with van der Waals surface area (Å²) in [5.41, 5.74) is 1.19. The summed E-state index contributed by atoms with van der Waals surface area (Å²) in [5, 5.41) is 3.26. The van der Waals surface area contributed by atoms with Crippen molar-refractivity contribution in [2.75, 3.05) is 26.7 Å². The van der Waals surface area contributed by atoms with E-state index < -0.39 is 0 Å². The number of ether oxygens (including phenoxy) is 1. The number of benzene rings is 1. The molecule has 4 heteroatoms. The first-order chi connectivity index (χ1) is 12.7. The van der Waals surface area contributed by atoms with Crippen molar-refractivity contribution in [1.82, 2.24) is 10.2 Å². The smallest absolute Gasteiger partial charge is 0.220 e. The van der Waals surface area contributed by atoms with Gasteiger partial charge in [-0.05, 0) is 69.0 Å². The summed E-state index contributed by atoms with van der Waals surface area (Å²) in [6, 6.07) is 8.45. The van der Waals surface area contributed by atoms with Crippen molar-refractivity contribution < 1.29 is 9.53 Å². The largest absolute Gasteiger partial charge is 0.496 e. The number of likely N-dealkylation sites (tertiary alicyclic amines) is 1. The Kier molecular flexibility index (Phi) is 5.49. The first-order valence-electron chi connectivity index (χ1n) is 10.4. The maximum absolute atomic E-state index is 12.6. The molecule has 0 spiro atoms. The number of hydrogen-bond donors (Lipinski definition) is 1. The maximum atomic E-state index is 12.6. The van der Waals surface area contributed by atoms with E-state index in [9.17, 15) is 4.79 Å². The first-order valence-corrected chi connectivity index (χ1v) is 10.4. The predicted molar refractivity (Wildman–Crippen MR) is 103 cm³/mol. The topological polar surface area (TPSA) is 41.6 Å². The molecule has 4 rings (SSSR count). The van der Waals surface area contributed by atoms with E-state index in [2.05, 4.69) is 22.3 Å². The van der Waals surface area contributed by atoms with Crippen LogP contribution in [0.2, 0.25) is 0 Å². The number of carbonyl (C=O) groups excluding carboxylic acids is 1. The van der Waals surface area contributed by atoms with Crippen LogP contribution in [0.25, 0.3) is 0 Å². The van der Waals surface area contributed by atoms with Gasteiger partial charge < -0.3 is 10.1 Å². The highest BCUT2D eigenvalue weighted by Crippen LogP contribution is 2.49. The molecule has 3 fully saturated rings. The summed E-state index contributed by atoms with van der Waals surface area (Å²) in [6.45, 7) is 2.88. The van der Waals surface area contributed by atoms with E-state index in [0.29, 0.717) is 12.5 Å². The lowest BCUT2D eigenvalue weighted by Crippen LogP contribution is -2.37. The van der Waals surface area contributed by atoms with Gasteiger partial charge >= 0.3 is 0 Å². The fraction of sp³-hybridized carbons (Fsp3) is 0.682. The highest BCUT2D eigenvalue weighted by atomic mass is 16.5. The van der Waals surface area contributed by atoms with Crippen molar-refractivity contribution in [3.05, 3.63) is 29.8 Å². The van der Waals surface area contributed by atoms with Crippen molar-refractivity contribution in [2.24, 2.45) is 17.8 Å². The van der Waals surface area contributed by atoms with Crippen LogP contribution in [0.5, 0.6) is 5.75 Å². The molecule has 1 N–H and O–H groups in total. The van der Waals surface area contributed by atoms with Gasteiger partial charge in [-0.2, -0.15) is 0 Å². The molecule has 1 amide bonds. The minimum Gasteiger partial charge on any atom is -0.496 e. The number of nitrogens with zero attached hydrogens (tertiary/aromatic N) is 1. The van der Waals surface area contributed by atoms with Gasteiger partial charge in [0.1, 0.15) is 5.75 Å². The molecule has 1 aliphatic heterocycles. The number of rotatable bonds is 7. The third-order valence-electron chi connectivity index (χ3n) is 6.90. The maximum Gasteiger partial charge on any atom is 0.220 e. The molecule has 4 atom stereocenters. The zero-order chi connectivity index (χ0) is 17.9. The predicted octanol–water partition coefficient (Wildman–Crippen LogP) is 3.77. The third-order valence-corrected chi connectivity index (χ3v) is 6.90. The molecule has 1 saturated heterocycles. The van der Waals surface area contributed by atoms with Crippen LogP contribution in [-0.4, -0.2) is 37.6 Å². The average molecular weight is 357 g/mol. The average Bonchev–Trinajstić information content (AvgIpc) is 3.40. The van der Waals surface area contributed by atoms with Crippen molar-refractivity contribution in [3.8, 4) is 5.75 Å². The van der Waals surface area contributed by atoms with E-state index in [-0.39, 0.29) is 11.9 Å². The lowest BCUT2D eigenvalue weighted by molar-refractivity contribution is -0.122. The van der Waals surface area contributed by atoms with Crippen LogP contribution in [0.3, 0.4) is 0 Å². The molecule has 1 heterocycles. The summed E-state index contributed by atoms with van der Waals surface area (Å²) in [5.74, 6) is 3.51. The fourth-order valence-corrected chi connectivity index (χ4v) is 5.58. The van der Waals surface area contributed by atoms with Gasteiger partial charge in [0, 0.05) is 18.5 Å². The van der Waals surface area contributed by atoms with Crippen LogP contribution >= 0.6 is 0 Å². The van der Waals surface area contributed by atoms with Crippen LogP contribution in [0.15, 0.2) is 24.3 Å². The van der Waals surface area contributed by atoms with Crippen LogP contribution in [-0.2, 0) is 4.79 Å². The molecular weight excluding hydrogens is 324 g/mol. The Morgan fingerprint density at radius 3 is 2.73 bits per heavy atom. The minimum atomic E-state index is 0.206. The van der Waals surface area contributed by atoms with Gasteiger partial charge in [0.15, 0.2) is 0 Å². The van der Waals surface area contributed by atoms with Gasteiger partial charge in [-0.1, -0.05) is 24.6 Å². The van der Waals surface area contributed by atoms with E-state index in [1.54, 1.807) is 7.11 Å². The molecule has 3 aliphatic rings. The molecule has 2 aliphatic carbocycles. The normalized spacial score (nSPS) is 29.0. The molecular formula is C22H32N2O2. The summed E-state index contributed by atoms with van der Waals surface area (Å²) >= 11 is 0. The Morgan fingerprint density at radius 2 is 2.04 bits per heavy atom. The third kappa shape index (κ3) is 3.75. The molecule has 1 aromatic rings. The van der Waals surface area contributed by atoms with Crippen molar-refractivity contribution in [2.45, 2.75) is 51.0 Å². The summed E-state index contributed by atoms with van der Waals surface area (Å²) in [4.78, 5) is 15.1. The molecule has 142 valence electrons. The molecule has 1 aromatic carbocycles. The zero-order valence-electron chi connectivity index (χ0n) is 16.0. The number of para-hydroxylation sites is 1. The highest BCUT2D eigenvalue weighted by Gasteiger charge is 2.40. The molecule has 0 aromatic heterocycles. The van der Waals surface area contributed by atoms with E-state index in [4.69, 9.17) is 4.74 Å². The number of fused-ring (bicyclic) bond motifs is 2. The number of amides is 1. The molecule has 2 bridgehead atoms. The van der Waals surface area contributed by atoms with Gasteiger partial charge in [0.2, 0.25) is 5.91 Å². The quantitative estimate of drug-likeness (QED) is 0.808. The van der Waals surface area contributed by atoms with E-state index in [1.165, 1.54) is 44.1 Å². The summed E-state index contributed by atoms with van der Waals surface area (Å²) in [6.07, 6.45) is 8.60. The van der Waals surface area contributed by atoms with Gasteiger partial charge in [0.25, 0.3) is 0 Å². The van der Waals surface area contributed by atoms with Gasteiger partial charge in [-0.15, -0.1) is 0 Å². The monoisotopic (exact) mass is 356 g/mol. The van der Waals surface area contributed by atoms with Gasteiger partial charge in [0.05, 0.1) is 13.2 Å². The zero-order valence-corrected chi connectivity index (χ0v) is 16.0. The van der Waals surface area contributed by atoms with Crippen LogP contribution in [0.4, 0.5) is 0 Å². The minimum absolute atomic E-state index is 0.206.